The molecule has 0 fully saturated rings. The molecule has 0 aromatic heterocycles. The van der Waals surface area contributed by atoms with Gasteiger partial charge in [0.25, 0.3) is 0 Å². The first-order valence-electron chi connectivity index (χ1n) is 11.8. The van der Waals surface area contributed by atoms with Gasteiger partial charge >= 0.3 is 5.97 Å². The Labute approximate surface area is 202 Å². The van der Waals surface area contributed by atoms with E-state index in [4.69, 9.17) is 4.74 Å². The average Bonchev–Trinajstić information content (AvgIpc) is 2.56. The summed E-state index contributed by atoms with van der Waals surface area (Å²) in [6, 6.07) is -1.03. The molecular formula is C25H48N2O5Si. The molecule has 0 aliphatic heterocycles. The summed E-state index contributed by atoms with van der Waals surface area (Å²) < 4.78 is 5.64. The molecule has 0 saturated heterocycles. The third kappa shape index (κ3) is 12.4. The van der Waals surface area contributed by atoms with Gasteiger partial charge in [-0.3, -0.25) is 14.4 Å². The zero-order valence-electron chi connectivity index (χ0n) is 22.9. The van der Waals surface area contributed by atoms with Gasteiger partial charge in [-0.05, 0) is 39.5 Å². The van der Waals surface area contributed by atoms with E-state index in [0.717, 1.165) is 0 Å². The molecule has 192 valence electrons. The van der Waals surface area contributed by atoms with Gasteiger partial charge in [0.2, 0.25) is 11.8 Å². The largest absolute Gasteiger partial charge is 0.459 e. The summed E-state index contributed by atoms with van der Waals surface area (Å²) >= 11 is 0. The van der Waals surface area contributed by atoms with Crippen LogP contribution in [0.1, 0.15) is 68.2 Å². The summed E-state index contributed by atoms with van der Waals surface area (Å²) in [4.78, 5) is 39.8. The maximum Gasteiger partial charge on any atom is 0.303 e. The van der Waals surface area contributed by atoms with Crippen molar-refractivity contribution in [2.75, 3.05) is 7.05 Å². The van der Waals surface area contributed by atoms with Crippen LogP contribution >= 0.6 is 0 Å². The molecule has 0 aromatic carbocycles. The summed E-state index contributed by atoms with van der Waals surface area (Å²) in [5, 5.41) is 13.6. The van der Waals surface area contributed by atoms with Crippen LogP contribution in [0, 0.1) is 11.3 Å². The molecular weight excluding hydrogens is 436 g/mol. The standard InChI is InChI=1S/C25H48N2O5Si/c1-17(16-19(29)14-13-15-33(10,11)12)21(32-18(2)28)20(22(30)26-25(6,7)8)27(9)23(31)24(3,4)5/h13,15,17,19-21,29H,14,16H2,1-12H3,(H,26,30)/b15-13+/t17-,19+,20+,21-/m1/s1. The maximum atomic E-state index is 13.4. The van der Waals surface area contributed by atoms with Crippen LogP contribution in [0.15, 0.2) is 11.8 Å². The van der Waals surface area contributed by atoms with Crippen molar-refractivity contribution in [3.63, 3.8) is 0 Å². The molecule has 0 unspecified atom stereocenters. The third-order valence-electron chi connectivity index (χ3n) is 4.99. The predicted octanol–water partition coefficient (Wildman–Crippen LogP) is 3.92. The Hall–Kier alpha value is -1.67. The number of esters is 1. The van der Waals surface area contributed by atoms with Crippen molar-refractivity contribution in [1.82, 2.24) is 10.2 Å². The van der Waals surface area contributed by atoms with E-state index in [9.17, 15) is 19.5 Å². The van der Waals surface area contributed by atoms with Gasteiger partial charge in [0.15, 0.2) is 0 Å². The number of hydrogen-bond acceptors (Lipinski definition) is 5. The van der Waals surface area contributed by atoms with Crippen LogP contribution in [0.4, 0.5) is 0 Å². The topological polar surface area (TPSA) is 95.9 Å². The van der Waals surface area contributed by atoms with E-state index in [1.54, 1.807) is 27.8 Å². The normalized spacial score (nSPS) is 16.6. The van der Waals surface area contributed by atoms with E-state index in [1.807, 2.05) is 33.8 Å². The Morgan fingerprint density at radius 3 is 2.00 bits per heavy atom. The fourth-order valence-electron chi connectivity index (χ4n) is 3.57. The molecule has 33 heavy (non-hydrogen) atoms. The molecule has 7 nitrogen and oxygen atoms in total. The number of nitrogens with one attached hydrogen (secondary N) is 1. The van der Waals surface area contributed by atoms with Crippen LogP contribution in [0.25, 0.3) is 0 Å². The predicted molar refractivity (Wildman–Crippen MR) is 136 cm³/mol. The Bertz CT molecular complexity index is 701. The second kappa shape index (κ2) is 12.2. The molecule has 0 aliphatic rings. The van der Waals surface area contributed by atoms with Crippen LogP contribution in [0.2, 0.25) is 19.6 Å². The van der Waals surface area contributed by atoms with Crippen LogP contribution in [-0.2, 0) is 19.1 Å². The van der Waals surface area contributed by atoms with Crippen molar-refractivity contribution in [2.45, 2.75) is 112 Å². The molecule has 0 saturated carbocycles. The van der Waals surface area contributed by atoms with E-state index in [0.29, 0.717) is 12.8 Å². The van der Waals surface area contributed by atoms with Crippen LogP contribution in [0.3, 0.4) is 0 Å². The highest BCUT2D eigenvalue weighted by Gasteiger charge is 2.43. The van der Waals surface area contributed by atoms with Crippen molar-refractivity contribution >= 4 is 25.9 Å². The molecule has 0 spiro atoms. The van der Waals surface area contributed by atoms with Gasteiger partial charge in [0.1, 0.15) is 12.1 Å². The summed E-state index contributed by atoms with van der Waals surface area (Å²) in [7, 11) is 0.199. The van der Waals surface area contributed by atoms with E-state index < -0.39 is 49.2 Å². The lowest BCUT2D eigenvalue weighted by atomic mass is 9.87. The van der Waals surface area contributed by atoms with Crippen LogP contribution in [0.5, 0.6) is 0 Å². The molecule has 0 bridgehead atoms. The van der Waals surface area contributed by atoms with Gasteiger partial charge in [-0.1, -0.05) is 59.1 Å². The van der Waals surface area contributed by atoms with Crippen LogP contribution < -0.4 is 5.32 Å². The number of aliphatic hydroxyl groups is 1. The highest BCUT2D eigenvalue weighted by Crippen LogP contribution is 2.26. The minimum atomic E-state index is -1.37. The molecule has 0 rings (SSSR count). The highest BCUT2D eigenvalue weighted by atomic mass is 28.3. The van der Waals surface area contributed by atoms with E-state index in [2.05, 4.69) is 30.7 Å². The Balaban J connectivity index is 6.02. The molecule has 0 aromatic rings. The lowest BCUT2D eigenvalue weighted by Crippen LogP contribution is -2.60. The number of hydrogen-bond donors (Lipinski definition) is 2. The Morgan fingerprint density at radius 2 is 1.61 bits per heavy atom. The summed E-state index contributed by atoms with van der Waals surface area (Å²) in [6.07, 6.45) is 1.25. The SMILES string of the molecule is CC(=O)O[C@H]([C@H](C)C[C@@H](O)C/C=C/[Si](C)(C)C)[C@@H](C(=O)NC(C)(C)C)N(C)C(=O)C(C)(C)C. The van der Waals surface area contributed by atoms with Crippen molar-refractivity contribution in [3.05, 3.63) is 11.8 Å². The van der Waals surface area contributed by atoms with Gasteiger partial charge in [-0.2, -0.15) is 0 Å². The number of carbonyl (C=O) groups is 3. The minimum Gasteiger partial charge on any atom is -0.459 e. The van der Waals surface area contributed by atoms with Crippen molar-refractivity contribution in [3.8, 4) is 0 Å². The first-order valence-corrected chi connectivity index (χ1v) is 15.4. The third-order valence-corrected chi connectivity index (χ3v) is 6.23. The van der Waals surface area contributed by atoms with Crippen molar-refractivity contribution in [1.29, 1.82) is 0 Å². The van der Waals surface area contributed by atoms with Crippen molar-refractivity contribution < 1.29 is 24.2 Å². The van der Waals surface area contributed by atoms with E-state index in [1.165, 1.54) is 11.8 Å². The average molecular weight is 485 g/mol. The summed E-state index contributed by atoms with van der Waals surface area (Å²) in [5.74, 6) is -1.53. The zero-order valence-corrected chi connectivity index (χ0v) is 23.9. The number of aliphatic hydroxyl groups excluding tert-OH is 1. The maximum absolute atomic E-state index is 13.4. The Kier molecular flexibility index (Phi) is 11.5. The lowest BCUT2D eigenvalue weighted by Gasteiger charge is -2.40. The van der Waals surface area contributed by atoms with E-state index >= 15 is 0 Å². The number of amides is 2. The molecule has 0 aliphatic carbocycles. The van der Waals surface area contributed by atoms with Gasteiger partial charge in [0, 0.05) is 24.9 Å². The summed E-state index contributed by atoms with van der Waals surface area (Å²) in [6.45, 7) is 20.7. The fourth-order valence-corrected chi connectivity index (χ4v) is 4.41. The number of ether oxygens (including phenoxy) is 1. The quantitative estimate of drug-likeness (QED) is 0.362. The van der Waals surface area contributed by atoms with Gasteiger partial charge in [0.05, 0.1) is 14.2 Å². The number of likely N-dealkylation sites (N-methyl/N-ethyl adjacent to an activating group) is 1. The van der Waals surface area contributed by atoms with E-state index in [-0.39, 0.29) is 11.8 Å². The monoisotopic (exact) mass is 484 g/mol. The van der Waals surface area contributed by atoms with Crippen molar-refractivity contribution in [2.24, 2.45) is 11.3 Å². The first-order chi connectivity index (χ1) is 14.7. The number of rotatable bonds is 10. The lowest BCUT2D eigenvalue weighted by molar-refractivity contribution is -0.163. The fraction of sp³-hybridized carbons (Fsp3) is 0.800. The van der Waals surface area contributed by atoms with Crippen LogP contribution in [-0.4, -0.2) is 66.7 Å². The molecule has 4 atom stereocenters. The number of carbonyl (C=O) groups excluding carboxylic acids is 3. The van der Waals surface area contributed by atoms with Gasteiger partial charge < -0.3 is 20.1 Å². The first kappa shape index (κ1) is 31.3. The second-order valence-electron chi connectivity index (χ2n) is 12.3. The second-order valence-corrected chi connectivity index (χ2v) is 17.4. The zero-order chi connectivity index (χ0) is 26.4. The smallest absolute Gasteiger partial charge is 0.303 e. The molecule has 0 radical (unpaired) electrons. The van der Waals surface area contributed by atoms with Gasteiger partial charge in [-0.25, -0.2) is 0 Å². The molecule has 8 heteroatoms. The Morgan fingerprint density at radius 1 is 1.09 bits per heavy atom. The molecule has 0 heterocycles. The number of nitrogens with zero attached hydrogens (tertiary/aromatic N) is 1. The summed E-state index contributed by atoms with van der Waals surface area (Å²) in [5.41, 5.74) is 0.923. The highest BCUT2D eigenvalue weighted by molar-refractivity contribution is 6.80. The molecule has 2 N–H and O–H groups in total. The minimum absolute atomic E-state index is 0.237. The van der Waals surface area contributed by atoms with Gasteiger partial charge in [-0.15, -0.1) is 0 Å². The molecule has 2 amide bonds.